The van der Waals surface area contributed by atoms with Crippen molar-refractivity contribution in [3.8, 4) is 34.3 Å². The molecule has 8 heteroatoms. The van der Waals surface area contributed by atoms with E-state index in [0.717, 1.165) is 16.5 Å². The second-order valence-corrected chi connectivity index (χ2v) is 7.45. The molecule has 0 atom stereocenters. The van der Waals surface area contributed by atoms with Gasteiger partial charge < -0.3 is 18.9 Å². The summed E-state index contributed by atoms with van der Waals surface area (Å²) < 4.78 is 21.5. The molecular formula is C26H21N3O5. The van der Waals surface area contributed by atoms with Gasteiger partial charge in [0.05, 0.1) is 37.2 Å². The van der Waals surface area contributed by atoms with Gasteiger partial charge in [0.15, 0.2) is 11.5 Å². The smallest absolute Gasteiger partial charge is 0.272 e. The maximum atomic E-state index is 13.1. The molecule has 0 bridgehead atoms. The van der Waals surface area contributed by atoms with E-state index in [4.69, 9.17) is 23.9 Å². The standard InChI is InChI=1S/C26H21N3O5/c1-31-17-8-9-19(24(12-17)32-2)22-13-20(18-5-3-4-6-21(18)28-22)26(30)29-27-14-16-7-10-23-25(11-16)34-15-33-23/h3-14H,15H2,1-2H3,(H,29,30)/b27-14-. The second kappa shape index (κ2) is 9.11. The summed E-state index contributed by atoms with van der Waals surface area (Å²) in [6.45, 7) is 0.198. The third-order valence-electron chi connectivity index (χ3n) is 5.42. The van der Waals surface area contributed by atoms with E-state index >= 15 is 0 Å². The normalized spacial score (nSPS) is 12.2. The number of pyridine rings is 1. The average Bonchev–Trinajstić information content (AvgIpc) is 3.35. The van der Waals surface area contributed by atoms with Crippen molar-refractivity contribution in [2.75, 3.05) is 21.0 Å². The number of benzene rings is 3. The van der Waals surface area contributed by atoms with Crippen LogP contribution in [-0.4, -0.2) is 38.1 Å². The molecule has 0 radical (unpaired) electrons. The van der Waals surface area contributed by atoms with E-state index < -0.39 is 0 Å². The molecule has 34 heavy (non-hydrogen) atoms. The first-order valence-electron chi connectivity index (χ1n) is 10.5. The Bertz CT molecular complexity index is 1420. The molecule has 1 aromatic heterocycles. The number of fused-ring (bicyclic) bond motifs is 2. The van der Waals surface area contributed by atoms with E-state index in [1.54, 1.807) is 44.7 Å². The molecule has 0 saturated carbocycles. The van der Waals surface area contributed by atoms with Crippen molar-refractivity contribution in [2.45, 2.75) is 0 Å². The van der Waals surface area contributed by atoms with Crippen LogP contribution in [0.2, 0.25) is 0 Å². The Balaban J connectivity index is 1.47. The number of carbonyl (C=O) groups excluding carboxylic acids is 1. The van der Waals surface area contributed by atoms with Gasteiger partial charge in [0.2, 0.25) is 6.79 Å². The lowest BCUT2D eigenvalue weighted by molar-refractivity contribution is 0.0956. The van der Waals surface area contributed by atoms with Crippen LogP contribution in [0.4, 0.5) is 0 Å². The molecule has 0 aliphatic carbocycles. The van der Waals surface area contributed by atoms with Crippen LogP contribution in [0, 0.1) is 0 Å². The SMILES string of the molecule is COc1ccc(-c2cc(C(=O)N/N=C\c3ccc4c(c3)OCO4)c3ccccc3n2)c(OC)c1. The minimum atomic E-state index is -0.357. The molecule has 0 unspecified atom stereocenters. The molecule has 0 fully saturated rings. The monoisotopic (exact) mass is 455 g/mol. The van der Waals surface area contributed by atoms with Gasteiger partial charge in [0.25, 0.3) is 5.91 Å². The Morgan fingerprint density at radius 2 is 1.85 bits per heavy atom. The second-order valence-electron chi connectivity index (χ2n) is 7.45. The van der Waals surface area contributed by atoms with Crippen molar-refractivity contribution >= 4 is 23.0 Å². The quantitative estimate of drug-likeness (QED) is 0.342. The third-order valence-corrected chi connectivity index (χ3v) is 5.42. The number of ether oxygens (including phenoxy) is 4. The van der Waals surface area contributed by atoms with Gasteiger partial charge in [-0.2, -0.15) is 5.10 Å². The van der Waals surface area contributed by atoms with Gasteiger partial charge in [-0.3, -0.25) is 4.79 Å². The maximum absolute atomic E-state index is 13.1. The van der Waals surface area contributed by atoms with Crippen molar-refractivity contribution < 1.29 is 23.7 Å². The third kappa shape index (κ3) is 4.09. The molecule has 2 heterocycles. The summed E-state index contributed by atoms with van der Waals surface area (Å²) in [6, 6.07) is 20.1. The van der Waals surface area contributed by atoms with Crippen molar-refractivity contribution in [3.63, 3.8) is 0 Å². The number of methoxy groups -OCH3 is 2. The number of hydrogen-bond acceptors (Lipinski definition) is 7. The molecule has 0 spiro atoms. The van der Waals surface area contributed by atoms with Crippen LogP contribution in [0.15, 0.2) is 71.8 Å². The summed E-state index contributed by atoms with van der Waals surface area (Å²) >= 11 is 0. The minimum absolute atomic E-state index is 0.198. The lowest BCUT2D eigenvalue weighted by Crippen LogP contribution is -2.18. The predicted molar refractivity (Wildman–Crippen MR) is 128 cm³/mol. The summed E-state index contributed by atoms with van der Waals surface area (Å²) in [5.74, 6) is 2.23. The lowest BCUT2D eigenvalue weighted by Gasteiger charge is -2.12. The van der Waals surface area contributed by atoms with Gasteiger partial charge in [0.1, 0.15) is 11.5 Å². The zero-order chi connectivity index (χ0) is 23.5. The largest absolute Gasteiger partial charge is 0.497 e. The van der Waals surface area contributed by atoms with Gasteiger partial charge in [-0.1, -0.05) is 18.2 Å². The number of hydrogen-bond donors (Lipinski definition) is 1. The van der Waals surface area contributed by atoms with Crippen molar-refractivity contribution in [2.24, 2.45) is 5.10 Å². The van der Waals surface area contributed by atoms with Crippen LogP contribution < -0.4 is 24.4 Å². The number of carbonyl (C=O) groups is 1. The van der Waals surface area contributed by atoms with Gasteiger partial charge in [-0.15, -0.1) is 0 Å². The first-order chi connectivity index (χ1) is 16.7. The molecule has 0 saturated heterocycles. The number of aromatic nitrogens is 1. The highest BCUT2D eigenvalue weighted by Crippen LogP contribution is 2.34. The number of para-hydroxylation sites is 1. The summed E-state index contributed by atoms with van der Waals surface area (Å²) in [5, 5.41) is 4.84. The Morgan fingerprint density at radius 1 is 1.00 bits per heavy atom. The number of nitrogens with one attached hydrogen (secondary N) is 1. The number of hydrazone groups is 1. The highest BCUT2D eigenvalue weighted by atomic mass is 16.7. The Morgan fingerprint density at radius 3 is 2.71 bits per heavy atom. The van der Waals surface area contributed by atoms with Gasteiger partial charge in [-0.05, 0) is 48.0 Å². The zero-order valence-corrected chi connectivity index (χ0v) is 18.6. The van der Waals surface area contributed by atoms with E-state index in [1.807, 2.05) is 42.5 Å². The Labute approximate surface area is 195 Å². The fourth-order valence-corrected chi connectivity index (χ4v) is 3.73. The first kappa shape index (κ1) is 21.3. The molecular weight excluding hydrogens is 434 g/mol. The van der Waals surface area contributed by atoms with Gasteiger partial charge in [0, 0.05) is 17.0 Å². The number of amides is 1. The maximum Gasteiger partial charge on any atom is 0.272 e. The minimum Gasteiger partial charge on any atom is -0.497 e. The van der Waals surface area contributed by atoms with Crippen LogP contribution >= 0.6 is 0 Å². The van der Waals surface area contributed by atoms with E-state index in [2.05, 4.69) is 10.5 Å². The molecule has 3 aromatic carbocycles. The Kier molecular flexibility index (Phi) is 5.70. The molecule has 170 valence electrons. The molecule has 1 N–H and O–H groups in total. The lowest BCUT2D eigenvalue weighted by atomic mass is 10.0. The molecule has 8 nitrogen and oxygen atoms in total. The van der Waals surface area contributed by atoms with Crippen LogP contribution in [0.3, 0.4) is 0 Å². The topological polar surface area (TPSA) is 91.3 Å². The van der Waals surface area contributed by atoms with E-state index in [-0.39, 0.29) is 12.7 Å². The van der Waals surface area contributed by atoms with Crippen LogP contribution in [0.25, 0.3) is 22.2 Å². The highest BCUT2D eigenvalue weighted by Gasteiger charge is 2.17. The molecule has 5 rings (SSSR count). The summed E-state index contributed by atoms with van der Waals surface area (Å²) in [6.07, 6.45) is 1.55. The summed E-state index contributed by atoms with van der Waals surface area (Å²) in [7, 11) is 3.17. The van der Waals surface area contributed by atoms with Crippen LogP contribution in [0.5, 0.6) is 23.0 Å². The van der Waals surface area contributed by atoms with Crippen molar-refractivity contribution in [3.05, 3.63) is 77.9 Å². The fourth-order valence-electron chi connectivity index (χ4n) is 3.73. The fraction of sp³-hybridized carbons (Fsp3) is 0.115. The highest BCUT2D eigenvalue weighted by molar-refractivity contribution is 6.07. The average molecular weight is 455 g/mol. The predicted octanol–water partition coefficient (Wildman–Crippen LogP) is 4.41. The van der Waals surface area contributed by atoms with E-state index in [0.29, 0.717) is 39.8 Å². The van der Waals surface area contributed by atoms with E-state index in [9.17, 15) is 4.79 Å². The van der Waals surface area contributed by atoms with Crippen LogP contribution in [-0.2, 0) is 0 Å². The first-order valence-corrected chi connectivity index (χ1v) is 10.5. The Hall–Kier alpha value is -4.59. The molecule has 1 aliphatic rings. The molecule has 4 aromatic rings. The molecule has 1 aliphatic heterocycles. The zero-order valence-electron chi connectivity index (χ0n) is 18.6. The summed E-state index contributed by atoms with van der Waals surface area (Å²) in [4.78, 5) is 17.9. The van der Waals surface area contributed by atoms with Gasteiger partial charge >= 0.3 is 0 Å². The van der Waals surface area contributed by atoms with Gasteiger partial charge in [-0.25, -0.2) is 10.4 Å². The molecule has 1 amide bonds. The van der Waals surface area contributed by atoms with Crippen molar-refractivity contribution in [1.82, 2.24) is 10.4 Å². The summed E-state index contributed by atoms with van der Waals surface area (Å²) in [5.41, 5.74) is 5.85. The van der Waals surface area contributed by atoms with Crippen molar-refractivity contribution in [1.29, 1.82) is 0 Å². The number of nitrogens with zero attached hydrogens (tertiary/aromatic N) is 2. The number of rotatable bonds is 6. The van der Waals surface area contributed by atoms with Crippen LogP contribution in [0.1, 0.15) is 15.9 Å². The van der Waals surface area contributed by atoms with E-state index in [1.165, 1.54) is 0 Å².